The normalized spacial score (nSPS) is 14.3. The number of ether oxygens (including phenoxy) is 3. The van der Waals surface area contributed by atoms with Crippen LogP contribution in [-0.2, 0) is 6.42 Å². The number of hydrogen-bond donors (Lipinski definition) is 1. The zero-order chi connectivity index (χ0) is 27.3. The predicted molar refractivity (Wildman–Crippen MR) is 144 cm³/mol. The van der Waals surface area contributed by atoms with E-state index in [1.165, 1.54) is 44.0 Å². The van der Waals surface area contributed by atoms with E-state index >= 15 is 4.39 Å². The maximum atomic E-state index is 15.2. The average Bonchev–Trinajstić information content (AvgIpc) is 3.55. The number of rotatable bonds is 6. The Bertz CT molecular complexity index is 1760. The van der Waals surface area contributed by atoms with E-state index in [1.807, 2.05) is 19.1 Å². The minimum Gasteiger partial charge on any atom is -0.495 e. The first kappa shape index (κ1) is 24.7. The van der Waals surface area contributed by atoms with Gasteiger partial charge in [0.1, 0.15) is 16.9 Å². The fourth-order valence-electron chi connectivity index (χ4n) is 4.72. The van der Waals surface area contributed by atoms with Gasteiger partial charge in [-0.05, 0) is 24.6 Å². The molecule has 1 N–H and O–H groups in total. The van der Waals surface area contributed by atoms with Crippen LogP contribution in [0.5, 0.6) is 17.4 Å². The Hall–Kier alpha value is -4.58. The van der Waals surface area contributed by atoms with Crippen molar-refractivity contribution < 1.29 is 28.5 Å². The number of aromatic nitrogens is 4. The van der Waals surface area contributed by atoms with Crippen molar-refractivity contribution in [1.29, 1.82) is 0 Å². The molecule has 10 nitrogen and oxygen atoms in total. The maximum absolute atomic E-state index is 15.2. The lowest BCUT2D eigenvalue weighted by atomic mass is 10.1. The van der Waals surface area contributed by atoms with Crippen molar-refractivity contribution in [2.45, 2.75) is 19.4 Å². The van der Waals surface area contributed by atoms with Crippen molar-refractivity contribution in [2.24, 2.45) is 0 Å². The third-order valence-electron chi connectivity index (χ3n) is 6.47. The van der Waals surface area contributed by atoms with Gasteiger partial charge in [0, 0.05) is 29.7 Å². The van der Waals surface area contributed by atoms with Gasteiger partial charge < -0.3 is 19.3 Å². The number of thiazole rings is 1. The molecular weight excluding hydrogens is 525 g/mol. The van der Waals surface area contributed by atoms with Gasteiger partial charge in [-0.2, -0.15) is 0 Å². The highest BCUT2D eigenvalue weighted by molar-refractivity contribution is 7.22. The molecule has 0 radical (unpaired) electrons. The highest BCUT2D eigenvalue weighted by Crippen LogP contribution is 2.43. The molecule has 5 aromatic rings. The van der Waals surface area contributed by atoms with Crippen LogP contribution in [0.3, 0.4) is 0 Å². The first-order chi connectivity index (χ1) is 18.8. The van der Waals surface area contributed by atoms with E-state index < -0.39 is 18.0 Å². The van der Waals surface area contributed by atoms with Crippen molar-refractivity contribution in [3.8, 4) is 28.0 Å². The fraction of sp³-hybridized carbons (Fsp3) is 0.222. The summed E-state index contributed by atoms with van der Waals surface area (Å²) >= 11 is 1.41. The number of benzene rings is 2. The molecular formula is C27H22FN5O5S. The van der Waals surface area contributed by atoms with Crippen molar-refractivity contribution in [1.82, 2.24) is 19.9 Å². The fourth-order valence-corrected chi connectivity index (χ4v) is 5.83. The standard InChI is InChI=1S/C27H22FN5O5S/c1-13-4-17(23-20(5-13)31-22(37-3)11-30-23)26-32-21-8-19(28)24-18(25(21)39-26)7-16(38-24)12-33(27(34)35)14-6-15(36-2)10-29-9-14/h4-6,8-11,16H,7,12H2,1-3H3,(H,34,35). The molecule has 1 aliphatic heterocycles. The Labute approximate surface area is 225 Å². The number of carbonyl (C=O) groups is 1. The summed E-state index contributed by atoms with van der Waals surface area (Å²) in [5, 5.41) is 10.5. The summed E-state index contributed by atoms with van der Waals surface area (Å²) in [6.45, 7) is 1.94. The van der Waals surface area contributed by atoms with Crippen molar-refractivity contribution in [3.05, 3.63) is 59.8 Å². The van der Waals surface area contributed by atoms with E-state index in [0.29, 0.717) is 50.9 Å². The van der Waals surface area contributed by atoms with Crippen LogP contribution in [0.4, 0.5) is 14.9 Å². The van der Waals surface area contributed by atoms with Gasteiger partial charge in [-0.3, -0.25) is 9.88 Å². The van der Waals surface area contributed by atoms with Crippen LogP contribution < -0.4 is 19.1 Å². The van der Waals surface area contributed by atoms with Gasteiger partial charge in [0.2, 0.25) is 5.88 Å². The Morgan fingerprint density at radius 1 is 1.15 bits per heavy atom. The summed E-state index contributed by atoms with van der Waals surface area (Å²) in [7, 11) is 3.01. The second kappa shape index (κ2) is 9.62. The molecule has 1 atom stereocenters. The molecule has 0 fully saturated rings. The minimum absolute atomic E-state index is 0.0224. The second-order valence-electron chi connectivity index (χ2n) is 9.05. The monoisotopic (exact) mass is 547 g/mol. The molecule has 3 aromatic heterocycles. The quantitative estimate of drug-likeness (QED) is 0.304. The van der Waals surface area contributed by atoms with Gasteiger partial charge in [0.25, 0.3) is 0 Å². The van der Waals surface area contributed by atoms with Crippen LogP contribution in [0, 0.1) is 12.7 Å². The Morgan fingerprint density at radius 3 is 2.77 bits per heavy atom. The molecule has 0 spiro atoms. The molecule has 12 heteroatoms. The number of amides is 1. The molecule has 0 bridgehead atoms. The van der Waals surface area contributed by atoms with Crippen molar-refractivity contribution >= 4 is 44.4 Å². The number of pyridine rings is 1. The third kappa shape index (κ3) is 4.42. The summed E-state index contributed by atoms with van der Waals surface area (Å²) in [5.41, 5.74) is 4.58. The topological polar surface area (TPSA) is 120 Å². The SMILES string of the molecule is COc1cncc(N(CC2Cc3c(c(F)cc4nc(-c5cc(C)cc6nc(OC)cnc56)sc34)O2)C(=O)O)c1. The van der Waals surface area contributed by atoms with E-state index in [-0.39, 0.29) is 12.3 Å². The van der Waals surface area contributed by atoms with Gasteiger partial charge in [0.15, 0.2) is 11.6 Å². The molecule has 1 amide bonds. The number of hydrogen-bond acceptors (Lipinski definition) is 9. The number of halogens is 1. The molecule has 1 unspecified atom stereocenters. The minimum atomic E-state index is -1.18. The summed E-state index contributed by atoms with van der Waals surface area (Å²) in [4.78, 5) is 31.0. The van der Waals surface area contributed by atoms with E-state index in [9.17, 15) is 9.90 Å². The number of fused-ring (bicyclic) bond motifs is 4. The van der Waals surface area contributed by atoms with Crippen LogP contribution in [0.15, 0.2) is 42.9 Å². The maximum Gasteiger partial charge on any atom is 0.411 e. The highest BCUT2D eigenvalue weighted by Gasteiger charge is 2.33. The summed E-state index contributed by atoms with van der Waals surface area (Å²) in [6.07, 6.45) is 3.00. The van der Waals surface area contributed by atoms with Gasteiger partial charge in [-0.1, -0.05) is 0 Å². The Kier molecular flexibility index (Phi) is 6.10. The van der Waals surface area contributed by atoms with Crippen LogP contribution in [0.1, 0.15) is 11.1 Å². The van der Waals surface area contributed by atoms with E-state index in [4.69, 9.17) is 19.2 Å². The van der Waals surface area contributed by atoms with Gasteiger partial charge in [0.05, 0.1) is 66.3 Å². The lowest BCUT2D eigenvalue weighted by Crippen LogP contribution is -2.38. The van der Waals surface area contributed by atoms with Crippen LogP contribution in [0.25, 0.3) is 31.8 Å². The summed E-state index contributed by atoms with van der Waals surface area (Å²) < 4.78 is 32.3. The lowest BCUT2D eigenvalue weighted by Gasteiger charge is -2.22. The van der Waals surface area contributed by atoms with Crippen LogP contribution in [0.2, 0.25) is 0 Å². The van der Waals surface area contributed by atoms with Crippen LogP contribution >= 0.6 is 11.3 Å². The number of aryl methyl sites for hydroxylation is 1. The van der Waals surface area contributed by atoms with E-state index in [0.717, 1.165) is 20.7 Å². The first-order valence-electron chi connectivity index (χ1n) is 11.9. The third-order valence-corrected chi connectivity index (χ3v) is 7.63. The number of methoxy groups -OCH3 is 2. The lowest BCUT2D eigenvalue weighted by molar-refractivity contribution is 0.190. The van der Waals surface area contributed by atoms with E-state index in [1.54, 1.807) is 12.3 Å². The van der Waals surface area contributed by atoms with Crippen molar-refractivity contribution in [2.75, 3.05) is 25.7 Å². The summed E-state index contributed by atoms with van der Waals surface area (Å²) in [6, 6.07) is 6.82. The Balaban J connectivity index is 1.36. The van der Waals surface area contributed by atoms with E-state index in [2.05, 4.69) is 15.0 Å². The van der Waals surface area contributed by atoms with Gasteiger partial charge in [-0.25, -0.2) is 24.1 Å². The number of carboxylic acid groups (broad SMARTS) is 1. The zero-order valence-electron chi connectivity index (χ0n) is 21.1. The predicted octanol–water partition coefficient (Wildman–Crippen LogP) is 5.25. The zero-order valence-corrected chi connectivity index (χ0v) is 22.0. The van der Waals surface area contributed by atoms with Crippen molar-refractivity contribution in [3.63, 3.8) is 0 Å². The average molecular weight is 548 g/mol. The molecule has 4 heterocycles. The molecule has 198 valence electrons. The largest absolute Gasteiger partial charge is 0.495 e. The number of anilines is 1. The smallest absolute Gasteiger partial charge is 0.411 e. The van der Waals surface area contributed by atoms with Gasteiger partial charge in [-0.15, -0.1) is 11.3 Å². The molecule has 0 saturated carbocycles. The molecule has 39 heavy (non-hydrogen) atoms. The molecule has 1 aliphatic rings. The first-order valence-corrected chi connectivity index (χ1v) is 12.8. The van der Waals surface area contributed by atoms with Crippen LogP contribution in [-0.4, -0.2) is 58.0 Å². The summed E-state index contributed by atoms with van der Waals surface area (Å²) in [5.74, 6) is 0.411. The number of nitrogens with zero attached hydrogens (tertiary/aromatic N) is 5. The second-order valence-corrected chi connectivity index (χ2v) is 10.0. The van der Waals surface area contributed by atoms with Gasteiger partial charge >= 0.3 is 6.09 Å². The molecule has 6 rings (SSSR count). The molecule has 0 saturated heterocycles. The Morgan fingerprint density at radius 2 is 2.00 bits per heavy atom. The molecule has 2 aromatic carbocycles. The molecule has 0 aliphatic carbocycles. The highest BCUT2D eigenvalue weighted by atomic mass is 32.1.